The highest BCUT2D eigenvalue weighted by Gasteiger charge is 2.19. The summed E-state index contributed by atoms with van der Waals surface area (Å²) in [5.74, 6) is 1.90. The molecular weight excluding hydrogens is 645 g/mol. The molecule has 0 aliphatic carbocycles. The Labute approximate surface area is 305 Å². The largest absolute Gasteiger partial charge is 0.309 e. The van der Waals surface area contributed by atoms with Crippen LogP contribution in [0.1, 0.15) is 0 Å². The minimum Gasteiger partial charge on any atom is -0.309 e. The molecule has 2 heterocycles. The van der Waals surface area contributed by atoms with Crippen molar-refractivity contribution >= 4 is 64.9 Å². The molecule has 9 aromatic carbocycles. The molecule has 11 aromatic rings. The molecule has 2 aromatic heterocycles. The molecule has 0 fully saturated rings. The van der Waals surface area contributed by atoms with Crippen LogP contribution in [-0.4, -0.2) is 19.5 Å². The number of nitrogens with zero attached hydrogens (tertiary/aromatic N) is 4. The van der Waals surface area contributed by atoms with Crippen molar-refractivity contribution in [3.05, 3.63) is 182 Å². The molecule has 53 heavy (non-hydrogen) atoms. The molecule has 4 nitrogen and oxygen atoms in total. The van der Waals surface area contributed by atoms with E-state index in [0.717, 1.165) is 44.2 Å². The zero-order chi connectivity index (χ0) is 34.9. The Bertz CT molecular complexity index is 3190. The zero-order valence-corrected chi connectivity index (χ0v) is 28.6. The predicted octanol–water partition coefficient (Wildman–Crippen LogP) is 12.6. The maximum absolute atomic E-state index is 5.27. The number of aromatic nitrogens is 4. The van der Waals surface area contributed by atoms with E-state index in [1.165, 1.54) is 43.1 Å². The summed E-state index contributed by atoms with van der Waals surface area (Å²) in [6.45, 7) is 0. The van der Waals surface area contributed by atoms with E-state index < -0.39 is 0 Å². The van der Waals surface area contributed by atoms with E-state index in [1.54, 1.807) is 0 Å². The minimum atomic E-state index is 0.626. The predicted molar refractivity (Wildman–Crippen MR) is 220 cm³/mol. The van der Waals surface area contributed by atoms with E-state index in [-0.39, 0.29) is 0 Å². The Hall–Kier alpha value is -7.17. The van der Waals surface area contributed by atoms with Crippen LogP contribution < -0.4 is 0 Å². The van der Waals surface area contributed by atoms with Crippen molar-refractivity contribution in [3.8, 4) is 39.9 Å². The Balaban J connectivity index is 1.14. The van der Waals surface area contributed by atoms with Crippen molar-refractivity contribution in [1.29, 1.82) is 0 Å². The quantitative estimate of drug-likeness (QED) is 0.175. The van der Waals surface area contributed by atoms with Gasteiger partial charge in [-0.15, -0.1) is 0 Å². The van der Waals surface area contributed by atoms with Crippen molar-refractivity contribution < 1.29 is 0 Å². The topological polar surface area (TPSA) is 43.6 Å². The van der Waals surface area contributed by atoms with Crippen LogP contribution >= 0.6 is 0 Å². The van der Waals surface area contributed by atoms with Gasteiger partial charge >= 0.3 is 0 Å². The highest BCUT2D eigenvalue weighted by atomic mass is 15.1. The van der Waals surface area contributed by atoms with Gasteiger partial charge in [-0.2, -0.15) is 0 Å². The van der Waals surface area contributed by atoms with E-state index in [2.05, 4.69) is 187 Å². The van der Waals surface area contributed by atoms with Crippen LogP contribution in [0.4, 0.5) is 0 Å². The molecular formula is C49H30N4. The summed E-state index contributed by atoms with van der Waals surface area (Å²) in [5.41, 5.74) is 6.12. The standard InChI is InChI=1S/C49H30N4/c1-2-13-33-29-35(22-21-31(33)11-1)47-50-48(36-25-26-38-34(30-36)24-28-39-37-14-4-3-12-32(37)23-27-40(38)39)52-49(51-47)43-17-7-10-20-46(43)53-44-18-8-5-15-41(44)42-16-6-9-19-45(42)53/h1-30H. The number of benzene rings is 9. The van der Waals surface area contributed by atoms with Crippen LogP contribution in [0.15, 0.2) is 182 Å². The number of para-hydroxylation sites is 3. The van der Waals surface area contributed by atoms with E-state index in [9.17, 15) is 0 Å². The lowest BCUT2D eigenvalue weighted by atomic mass is 9.96. The molecule has 0 radical (unpaired) electrons. The summed E-state index contributed by atoms with van der Waals surface area (Å²) in [7, 11) is 0. The van der Waals surface area contributed by atoms with Gasteiger partial charge < -0.3 is 4.57 Å². The summed E-state index contributed by atoms with van der Waals surface area (Å²) in [6, 6.07) is 64.5. The molecule has 0 aliphatic heterocycles. The Morgan fingerprint density at radius 1 is 0.302 bits per heavy atom. The first-order chi connectivity index (χ1) is 26.3. The first kappa shape index (κ1) is 29.5. The molecule has 11 rings (SSSR count). The monoisotopic (exact) mass is 674 g/mol. The second-order valence-electron chi connectivity index (χ2n) is 13.6. The van der Waals surface area contributed by atoms with E-state index in [4.69, 9.17) is 15.0 Å². The molecule has 0 N–H and O–H groups in total. The maximum atomic E-state index is 5.27. The summed E-state index contributed by atoms with van der Waals surface area (Å²) < 4.78 is 2.34. The molecule has 0 unspecified atom stereocenters. The van der Waals surface area contributed by atoms with Gasteiger partial charge in [0.15, 0.2) is 17.5 Å². The third-order valence-corrected chi connectivity index (χ3v) is 10.6. The van der Waals surface area contributed by atoms with E-state index in [1.807, 2.05) is 0 Å². The van der Waals surface area contributed by atoms with Gasteiger partial charge in [0, 0.05) is 27.5 Å². The zero-order valence-electron chi connectivity index (χ0n) is 28.6. The third-order valence-electron chi connectivity index (χ3n) is 10.6. The van der Waals surface area contributed by atoms with E-state index >= 15 is 0 Å². The summed E-state index contributed by atoms with van der Waals surface area (Å²) >= 11 is 0. The molecule has 0 atom stereocenters. The van der Waals surface area contributed by atoms with Crippen LogP contribution in [0.25, 0.3) is 105 Å². The molecule has 4 heteroatoms. The summed E-state index contributed by atoms with van der Waals surface area (Å²) in [5, 5.41) is 12.1. The lowest BCUT2D eigenvalue weighted by molar-refractivity contribution is 1.07. The highest BCUT2D eigenvalue weighted by molar-refractivity contribution is 6.17. The van der Waals surface area contributed by atoms with Crippen LogP contribution in [0, 0.1) is 0 Å². The molecule has 246 valence electrons. The Kier molecular flexibility index (Phi) is 6.52. The van der Waals surface area contributed by atoms with Gasteiger partial charge in [0.2, 0.25) is 0 Å². The fourth-order valence-electron chi connectivity index (χ4n) is 8.09. The molecule has 0 saturated carbocycles. The first-order valence-electron chi connectivity index (χ1n) is 17.9. The van der Waals surface area contributed by atoms with Gasteiger partial charge in [0.05, 0.1) is 16.7 Å². The van der Waals surface area contributed by atoms with E-state index in [0.29, 0.717) is 17.5 Å². The molecule has 0 spiro atoms. The molecule has 0 amide bonds. The van der Waals surface area contributed by atoms with Crippen molar-refractivity contribution in [3.63, 3.8) is 0 Å². The fourth-order valence-corrected chi connectivity index (χ4v) is 8.09. The van der Waals surface area contributed by atoms with Gasteiger partial charge in [-0.3, -0.25) is 0 Å². The average molecular weight is 675 g/mol. The second-order valence-corrected chi connectivity index (χ2v) is 13.6. The Morgan fingerprint density at radius 3 is 1.51 bits per heavy atom. The van der Waals surface area contributed by atoms with Crippen molar-refractivity contribution in [2.75, 3.05) is 0 Å². The Morgan fingerprint density at radius 2 is 0.774 bits per heavy atom. The number of fused-ring (bicyclic) bond motifs is 9. The van der Waals surface area contributed by atoms with Crippen LogP contribution in [-0.2, 0) is 0 Å². The van der Waals surface area contributed by atoms with Gasteiger partial charge in [-0.05, 0) is 79.5 Å². The van der Waals surface area contributed by atoms with Crippen molar-refractivity contribution in [2.24, 2.45) is 0 Å². The molecule has 0 bridgehead atoms. The molecule has 0 saturated heterocycles. The number of rotatable bonds is 4. The van der Waals surface area contributed by atoms with Gasteiger partial charge in [0.1, 0.15) is 0 Å². The van der Waals surface area contributed by atoms with Gasteiger partial charge in [-0.1, -0.05) is 146 Å². The second kappa shape index (κ2) is 11.7. The van der Waals surface area contributed by atoms with Crippen LogP contribution in [0.5, 0.6) is 0 Å². The smallest absolute Gasteiger partial charge is 0.166 e. The highest BCUT2D eigenvalue weighted by Crippen LogP contribution is 2.37. The van der Waals surface area contributed by atoms with Crippen molar-refractivity contribution in [2.45, 2.75) is 0 Å². The lowest BCUT2D eigenvalue weighted by Crippen LogP contribution is -2.03. The van der Waals surface area contributed by atoms with Crippen molar-refractivity contribution in [1.82, 2.24) is 19.5 Å². The first-order valence-corrected chi connectivity index (χ1v) is 17.9. The lowest BCUT2D eigenvalue weighted by Gasteiger charge is -2.15. The summed E-state index contributed by atoms with van der Waals surface area (Å²) in [4.78, 5) is 15.7. The molecule has 0 aliphatic rings. The fraction of sp³-hybridized carbons (Fsp3) is 0. The summed E-state index contributed by atoms with van der Waals surface area (Å²) in [6.07, 6.45) is 0. The number of hydrogen-bond acceptors (Lipinski definition) is 3. The average Bonchev–Trinajstić information content (AvgIpc) is 3.57. The minimum absolute atomic E-state index is 0.626. The third kappa shape index (κ3) is 4.73. The van der Waals surface area contributed by atoms with Crippen LogP contribution in [0.2, 0.25) is 0 Å². The van der Waals surface area contributed by atoms with Gasteiger partial charge in [-0.25, -0.2) is 15.0 Å². The maximum Gasteiger partial charge on any atom is 0.166 e. The normalized spacial score (nSPS) is 11.8. The number of hydrogen-bond donors (Lipinski definition) is 0. The van der Waals surface area contributed by atoms with Crippen LogP contribution in [0.3, 0.4) is 0 Å². The SMILES string of the molecule is c1ccc(-n2c3ccccc3c3ccccc32)c(-c2nc(-c3ccc4ccccc4c3)nc(-c3ccc4c(ccc5c6ccccc6ccc45)c3)n2)c1. The van der Waals surface area contributed by atoms with Gasteiger partial charge in [0.25, 0.3) is 0 Å².